The van der Waals surface area contributed by atoms with Crippen molar-refractivity contribution in [3.63, 3.8) is 0 Å². The van der Waals surface area contributed by atoms with Crippen LogP contribution < -0.4 is 5.32 Å². The van der Waals surface area contributed by atoms with Gasteiger partial charge in [0.15, 0.2) is 0 Å². The van der Waals surface area contributed by atoms with Crippen LogP contribution in [0.4, 0.5) is 13.2 Å². The van der Waals surface area contributed by atoms with Crippen molar-refractivity contribution in [2.75, 3.05) is 5.33 Å². The van der Waals surface area contributed by atoms with Crippen LogP contribution in [-0.4, -0.2) is 17.3 Å². The lowest BCUT2D eigenvalue weighted by Crippen LogP contribution is -2.33. The molecule has 0 radical (unpaired) electrons. The van der Waals surface area contributed by atoms with Crippen LogP contribution in [0, 0.1) is 0 Å². The molecule has 1 atom stereocenters. The number of hydrogen-bond donors (Lipinski definition) is 1. The molecule has 0 bridgehead atoms. The molecule has 1 aromatic carbocycles. The summed E-state index contributed by atoms with van der Waals surface area (Å²) >= 11 is 5.99. The number of carbonyl (C=O) groups excluding carboxylic acids is 1. The summed E-state index contributed by atoms with van der Waals surface area (Å²) in [5.41, 5.74) is -0.875. The van der Waals surface area contributed by atoms with Crippen LogP contribution in [0.1, 0.15) is 22.8 Å². The van der Waals surface area contributed by atoms with Gasteiger partial charge in [-0.15, -0.1) is 0 Å². The molecule has 0 heterocycles. The Bertz CT molecular complexity index is 448. The SMILES string of the molecule is CC(CBr)NC(=O)c1ccc(Br)c(C(F)(F)F)c1. The number of nitrogens with one attached hydrogen (secondary N) is 1. The Morgan fingerprint density at radius 1 is 1.44 bits per heavy atom. The number of alkyl halides is 4. The van der Waals surface area contributed by atoms with Gasteiger partial charge >= 0.3 is 6.18 Å². The maximum atomic E-state index is 12.7. The van der Waals surface area contributed by atoms with Crippen LogP contribution in [0.5, 0.6) is 0 Å². The fraction of sp³-hybridized carbons (Fsp3) is 0.364. The van der Waals surface area contributed by atoms with Crippen molar-refractivity contribution in [2.24, 2.45) is 0 Å². The molecule has 7 heteroatoms. The minimum Gasteiger partial charge on any atom is -0.349 e. The van der Waals surface area contributed by atoms with Gasteiger partial charge in [0, 0.05) is 21.4 Å². The van der Waals surface area contributed by atoms with Crippen LogP contribution in [-0.2, 0) is 6.18 Å². The Balaban J connectivity index is 3.02. The zero-order valence-corrected chi connectivity index (χ0v) is 12.5. The van der Waals surface area contributed by atoms with Gasteiger partial charge in [0.05, 0.1) is 5.56 Å². The number of amides is 1. The highest BCUT2D eigenvalue weighted by Gasteiger charge is 2.33. The van der Waals surface area contributed by atoms with Crippen LogP contribution in [0.2, 0.25) is 0 Å². The molecule has 1 aromatic rings. The highest BCUT2D eigenvalue weighted by Crippen LogP contribution is 2.35. The molecule has 1 rings (SSSR count). The second-order valence-electron chi connectivity index (χ2n) is 3.72. The molecule has 0 saturated carbocycles. The number of halogens is 5. The normalized spacial score (nSPS) is 13.2. The lowest BCUT2D eigenvalue weighted by atomic mass is 10.1. The standard InChI is InChI=1S/C11H10Br2F3NO/c1-6(5-12)17-10(18)7-2-3-9(13)8(4-7)11(14,15)16/h2-4,6H,5H2,1H3,(H,17,18). The summed E-state index contributed by atoms with van der Waals surface area (Å²) in [6.07, 6.45) is -4.49. The molecule has 0 fully saturated rings. The van der Waals surface area contributed by atoms with Gasteiger partial charge < -0.3 is 5.32 Å². The van der Waals surface area contributed by atoms with E-state index in [1.54, 1.807) is 6.92 Å². The van der Waals surface area contributed by atoms with Crippen LogP contribution in [0.15, 0.2) is 22.7 Å². The van der Waals surface area contributed by atoms with Crippen LogP contribution >= 0.6 is 31.9 Å². The zero-order chi connectivity index (χ0) is 13.9. The fourth-order valence-corrected chi connectivity index (χ4v) is 1.86. The first kappa shape index (κ1) is 15.5. The van der Waals surface area contributed by atoms with Crippen molar-refractivity contribution in [1.29, 1.82) is 0 Å². The average molecular weight is 389 g/mol. The molecule has 0 aliphatic rings. The molecule has 0 aliphatic carbocycles. The largest absolute Gasteiger partial charge is 0.417 e. The summed E-state index contributed by atoms with van der Waals surface area (Å²) in [6.45, 7) is 1.75. The van der Waals surface area contributed by atoms with Gasteiger partial charge in [0.25, 0.3) is 5.91 Å². The minimum absolute atomic E-state index is 0.0154. The van der Waals surface area contributed by atoms with Crippen LogP contribution in [0.3, 0.4) is 0 Å². The first-order valence-electron chi connectivity index (χ1n) is 4.99. The highest BCUT2D eigenvalue weighted by molar-refractivity contribution is 9.10. The van der Waals surface area contributed by atoms with E-state index in [1.165, 1.54) is 12.1 Å². The Morgan fingerprint density at radius 3 is 2.56 bits per heavy atom. The van der Waals surface area contributed by atoms with Crippen molar-refractivity contribution in [1.82, 2.24) is 5.32 Å². The van der Waals surface area contributed by atoms with E-state index in [4.69, 9.17) is 0 Å². The molecule has 100 valence electrons. The summed E-state index contributed by atoms with van der Waals surface area (Å²) in [5.74, 6) is -0.528. The van der Waals surface area contributed by atoms with Crippen LogP contribution in [0.25, 0.3) is 0 Å². The molecule has 0 aliphatic heterocycles. The third kappa shape index (κ3) is 3.98. The summed E-state index contributed by atoms with van der Waals surface area (Å²) in [6, 6.07) is 3.24. The molecule has 0 spiro atoms. The van der Waals surface area contributed by atoms with E-state index in [0.29, 0.717) is 5.33 Å². The lowest BCUT2D eigenvalue weighted by Gasteiger charge is -2.13. The molecule has 0 saturated heterocycles. The van der Waals surface area contributed by atoms with Gasteiger partial charge in [-0.3, -0.25) is 4.79 Å². The van der Waals surface area contributed by atoms with Crippen molar-refractivity contribution in [3.8, 4) is 0 Å². The molecule has 0 aromatic heterocycles. The van der Waals surface area contributed by atoms with Gasteiger partial charge in [-0.05, 0) is 25.1 Å². The van der Waals surface area contributed by atoms with Gasteiger partial charge in [-0.1, -0.05) is 31.9 Å². The zero-order valence-electron chi connectivity index (χ0n) is 9.31. The van der Waals surface area contributed by atoms with Gasteiger partial charge in [0.1, 0.15) is 0 Å². The van der Waals surface area contributed by atoms with Gasteiger partial charge in [-0.2, -0.15) is 13.2 Å². The van der Waals surface area contributed by atoms with Crippen molar-refractivity contribution >= 4 is 37.8 Å². The predicted octanol–water partition coefficient (Wildman–Crippen LogP) is 3.98. The summed E-state index contributed by atoms with van der Waals surface area (Å²) in [7, 11) is 0. The quantitative estimate of drug-likeness (QED) is 0.779. The maximum absolute atomic E-state index is 12.7. The van der Waals surface area contributed by atoms with Gasteiger partial charge in [0.2, 0.25) is 0 Å². The molecule has 1 amide bonds. The summed E-state index contributed by atoms with van der Waals surface area (Å²) in [5, 5.41) is 3.10. The number of hydrogen-bond acceptors (Lipinski definition) is 1. The molecular weight excluding hydrogens is 379 g/mol. The third-order valence-corrected chi connectivity index (χ3v) is 3.81. The highest BCUT2D eigenvalue weighted by atomic mass is 79.9. The van der Waals surface area contributed by atoms with Crippen molar-refractivity contribution in [2.45, 2.75) is 19.1 Å². The smallest absolute Gasteiger partial charge is 0.349 e. The van der Waals surface area contributed by atoms with Crippen molar-refractivity contribution < 1.29 is 18.0 Å². The monoisotopic (exact) mass is 387 g/mol. The van der Waals surface area contributed by atoms with E-state index >= 15 is 0 Å². The second kappa shape index (κ2) is 6.06. The maximum Gasteiger partial charge on any atom is 0.417 e. The number of benzene rings is 1. The topological polar surface area (TPSA) is 29.1 Å². The van der Waals surface area contributed by atoms with E-state index in [2.05, 4.69) is 37.2 Å². The van der Waals surface area contributed by atoms with Crippen molar-refractivity contribution in [3.05, 3.63) is 33.8 Å². The molecular formula is C11H10Br2F3NO. The average Bonchev–Trinajstić information content (AvgIpc) is 2.27. The first-order valence-corrected chi connectivity index (χ1v) is 6.90. The van der Waals surface area contributed by atoms with E-state index in [1.807, 2.05) is 0 Å². The Hall–Kier alpha value is -0.560. The molecule has 1 N–H and O–H groups in total. The fourth-order valence-electron chi connectivity index (χ4n) is 1.23. The van der Waals surface area contributed by atoms with E-state index in [-0.39, 0.29) is 16.1 Å². The Kier molecular flexibility index (Phi) is 5.21. The van der Waals surface area contributed by atoms with E-state index in [0.717, 1.165) is 6.07 Å². The molecule has 18 heavy (non-hydrogen) atoms. The summed E-state index contributed by atoms with van der Waals surface area (Å²) in [4.78, 5) is 11.7. The molecule has 2 nitrogen and oxygen atoms in total. The Labute approximate surface area is 119 Å². The Morgan fingerprint density at radius 2 is 2.06 bits per heavy atom. The van der Waals surface area contributed by atoms with E-state index < -0.39 is 17.6 Å². The number of rotatable bonds is 3. The third-order valence-electron chi connectivity index (χ3n) is 2.14. The first-order chi connectivity index (χ1) is 8.25. The van der Waals surface area contributed by atoms with E-state index in [9.17, 15) is 18.0 Å². The lowest BCUT2D eigenvalue weighted by molar-refractivity contribution is -0.138. The number of carbonyl (C=O) groups is 1. The second-order valence-corrected chi connectivity index (χ2v) is 5.22. The minimum atomic E-state index is -4.49. The predicted molar refractivity (Wildman–Crippen MR) is 69.9 cm³/mol. The molecule has 1 unspecified atom stereocenters. The summed E-state index contributed by atoms with van der Waals surface area (Å²) < 4.78 is 37.9. The van der Waals surface area contributed by atoms with Gasteiger partial charge in [-0.25, -0.2) is 0 Å².